The molecule has 2 aliphatic rings. The first kappa shape index (κ1) is 16.4. The molecule has 1 heterocycles. The van der Waals surface area contributed by atoms with Gasteiger partial charge < -0.3 is 10.0 Å². The van der Waals surface area contributed by atoms with Gasteiger partial charge in [0.05, 0.1) is 5.56 Å². The normalized spacial score (nSPS) is 18.4. The van der Waals surface area contributed by atoms with Crippen LogP contribution in [0.15, 0.2) is 23.1 Å². The van der Waals surface area contributed by atoms with Crippen molar-refractivity contribution in [1.29, 1.82) is 0 Å². The maximum atomic E-state index is 12.6. The third-order valence-electron chi connectivity index (χ3n) is 4.09. The van der Waals surface area contributed by atoms with E-state index < -0.39 is 34.4 Å². The molecule has 9 heteroatoms. The van der Waals surface area contributed by atoms with Crippen molar-refractivity contribution < 1.29 is 27.9 Å². The molecule has 3 rings (SSSR count). The molecule has 128 valence electrons. The van der Waals surface area contributed by atoms with Gasteiger partial charge in [-0.15, -0.1) is 0 Å². The number of aliphatic carboxylic acids is 1. The monoisotopic (exact) mass is 352 g/mol. The van der Waals surface area contributed by atoms with Gasteiger partial charge in [-0.2, -0.15) is 0 Å². The first-order chi connectivity index (χ1) is 11.3. The van der Waals surface area contributed by atoms with Crippen molar-refractivity contribution in [3.05, 3.63) is 29.3 Å². The van der Waals surface area contributed by atoms with Crippen LogP contribution < -0.4 is 0 Å². The van der Waals surface area contributed by atoms with E-state index in [9.17, 15) is 22.8 Å². The predicted octanol–water partition coefficient (Wildman–Crippen LogP) is 0.540. The third-order valence-corrected chi connectivity index (χ3v) is 5.99. The molecule has 1 fully saturated rings. The molecule has 0 radical (unpaired) electrons. The van der Waals surface area contributed by atoms with Gasteiger partial charge in [0.25, 0.3) is 21.8 Å². The largest absolute Gasteiger partial charge is 0.480 e. The summed E-state index contributed by atoms with van der Waals surface area (Å²) in [5.74, 6) is -2.28. The van der Waals surface area contributed by atoms with Gasteiger partial charge >= 0.3 is 5.97 Å². The van der Waals surface area contributed by atoms with Crippen molar-refractivity contribution in [1.82, 2.24) is 9.21 Å². The lowest BCUT2D eigenvalue weighted by atomic mass is 10.1. The summed E-state index contributed by atoms with van der Waals surface area (Å²) in [4.78, 5) is 36.6. The van der Waals surface area contributed by atoms with Crippen LogP contribution in [0.4, 0.5) is 0 Å². The molecular weight excluding hydrogens is 336 g/mol. The molecule has 8 nitrogen and oxygen atoms in total. The number of benzene rings is 1. The van der Waals surface area contributed by atoms with E-state index in [1.54, 1.807) is 6.92 Å². The van der Waals surface area contributed by atoms with E-state index in [2.05, 4.69) is 0 Å². The van der Waals surface area contributed by atoms with Crippen molar-refractivity contribution in [2.24, 2.45) is 0 Å². The number of hydrogen-bond acceptors (Lipinski definition) is 5. The van der Waals surface area contributed by atoms with Crippen LogP contribution in [0.2, 0.25) is 0 Å². The van der Waals surface area contributed by atoms with Crippen molar-refractivity contribution in [2.45, 2.75) is 30.7 Å². The Morgan fingerprint density at radius 1 is 1.33 bits per heavy atom. The summed E-state index contributed by atoms with van der Waals surface area (Å²) < 4.78 is 25.5. The van der Waals surface area contributed by atoms with Gasteiger partial charge in [-0.25, -0.2) is 12.7 Å². The first-order valence-corrected chi connectivity index (χ1v) is 8.95. The number of carboxylic acids is 1. The second-order valence-electron chi connectivity index (χ2n) is 5.74. The Hall–Kier alpha value is -2.42. The molecule has 2 amide bonds. The fourth-order valence-corrected chi connectivity index (χ4v) is 4.39. The molecule has 1 N–H and O–H groups in total. The number of amides is 2. The predicted molar refractivity (Wildman–Crippen MR) is 82.0 cm³/mol. The average molecular weight is 352 g/mol. The van der Waals surface area contributed by atoms with E-state index in [0.717, 1.165) is 23.2 Å². The van der Waals surface area contributed by atoms with Gasteiger partial charge in [-0.3, -0.25) is 14.4 Å². The Balaban J connectivity index is 1.99. The van der Waals surface area contributed by atoms with Gasteiger partial charge in [-0.05, 0) is 38.0 Å². The lowest BCUT2D eigenvalue weighted by Crippen LogP contribution is -2.37. The van der Waals surface area contributed by atoms with E-state index in [4.69, 9.17) is 5.11 Å². The number of hydrogen-bond donors (Lipinski definition) is 1. The van der Waals surface area contributed by atoms with Gasteiger partial charge in [0.2, 0.25) is 0 Å². The quantitative estimate of drug-likeness (QED) is 0.828. The highest BCUT2D eigenvalue weighted by molar-refractivity contribution is 7.90. The van der Waals surface area contributed by atoms with Gasteiger partial charge in [0.15, 0.2) is 0 Å². The third kappa shape index (κ3) is 2.54. The van der Waals surface area contributed by atoms with Gasteiger partial charge in [0, 0.05) is 18.2 Å². The Kier molecular flexibility index (Phi) is 3.83. The van der Waals surface area contributed by atoms with Crippen molar-refractivity contribution in [2.75, 3.05) is 13.1 Å². The molecule has 1 aliphatic heterocycles. The number of carbonyl (C=O) groups excluding carboxylic acids is 2. The van der Waals surface area contributed by atoms with Crippen LogP contribution in [-0.2, 0) is 14.8 Å². The van der Waals surface area contributed by atoms with E-state index in [-0.39, 0.29) is 28.6 Å². The SMILES string of the molecule is CCN1C(=O)c2ccc(C(=O)N(CC(=O)O)C3CC3)cc2S1(=O)=O. The molecule has 0 unspecified atom stereocenters. The number of nitrogens with zero attached hydrogens (tertiary/aromatic N) is 2. The Labute approximate surface area is 138 Å². The number of fused-ring (bicyclic) bond motifs is 1. The molecule has 0 aromatic heterocycles. The topological polar surface area (TPSA) is 112 Å². The van der Waals surface area contributed by atoms with E-state index in [1.807, 2.05) is 0 Å². The highest BCUT2D eigenvalue weighted by Gasteiger charge is 2.41. The molecule has 0 saturated heterocycles. The summed E-state index contributed by atoms with van der Waals surface area (Å²) in [6.07, 6.45) is 1.45. The van der Waals surface area contributed by atoms with Crippen LogP contribution in [0.1, 0.15) is 40.5 Å². The van der Waals surface area contributed by atoms with E-state index in [0.29, 0.717) is 0 Å². The van der Waals surface area contributed by atoms with Crippen LogP contribution >= 0.6 is 0 Å². The fourth-order valence-electron chi connectivity index (χ4n) is 2.79. The van der Waals surface area contributed by atoms with Crippen LogP contribution in [0, 0.1) is 0 Å². The fraction of sp³-hybridized carbons (Fsp3) is 0.400. The summed E-state index contributed by atoms with van der Waals surface area (Å²) >= 11 is 0. The van der Waals surface area contributed by atoms with Crippen LogP contribution in [0.5, 0.6) is 0 Å². The molecule has 0 bridgehead atoms. The second kappa shape index (κ2) is 5.59. The van der Waals surface area contributed by atoms with E-state index >= 15 is 0 Å². The summed E-state index contributed by atoms with van der Waals surface area (Å²) in [6.45, 7) is 1.12. The summed E-state index contributed by atoms with van der Waals surface area (Å²) in [5, 5.41) is 8.95. The summed E-state index contributed by atoms with van der Waals surface area (Å²) in [6, 6.07) is 3.71. The number of carbonyl (C=O) groups is 3. The zero-order valence-corrected chi connectivity index (χ0v) is 13.7. The Morgan fingerprint density at radius 3 is 2.54 bits per heavy atom. The lowest BCUT2D eigenvalue weighted by Gasteiger charge is -2.20. The molecular formula is C15H16N2O6S. The van der Waals surface area contributed by atoms with Crippen LogP contribution in [-0.4, -0.2) is 59.6 Å². The molecule has 1 aromatic carbocycles. The molecule has 1 saturated carbocycles. The summed E-state index contributed by atoms with van der Waals surface area (Å²) in [5.41, 5.74) is 0.0980. The van der Waals surface area contributed by atoms with Gasteiger partial charge in [0.1, 0.15) is 11.4 Å². The molecule has 1 aliphatic carbocycles. The maximum Gasteiger partial charge on any atom is 0.323 e. The molecule has 0 spiro atoms. The minimum Gasteiger partial charge on any atom is -0.480 e. The minimum absolute atomic E-state index is 0.00629. The van der Waals surface area contributed by atoms with Gasteiger partial charge in [-0.1, -0.05) is 0 Å². The number of sulfonamides is 1. The molecule has 24 heavy (non-hydrogen) atoms. The second-order valence-corrected chi connectivity index (χ2v) is 7.57. The Bertz CT molecular complexity index is 844. The summed E-state index contributed by atoms with van der Waals surface area (Å²) in [7, 11) is -3.96. The zero-order chi connectivity index (χ0) is 17.6. The lowest BCUT2D eigenvalue weighted by molar-refractivity contribution is -0.137. The van der Waals surface area contributed by atoms with E-state index in [1.165, 1.54) is 17.0 Å². The molecule has 1 aromatic rings. The van der Waals surface area contributed by atoms with Crippen LogP contribution in [0.25, 0.3) is 0 Å². The smallest absolute Gasteiger partial charge is 0.323 e. The highest BCUT2D eigenvalue weighted by atomic mass is 32.2. The van der Waals surface area contributed by atoms with Crippen molar-refractivity contribution >= 4 is 27.8 Å². The maximum absolute atomic E-state index is 12.6. The minimum atomic E-state index is -3.96. The average Bonchev–Trinajstić information content (AvgIpc) is 3.33. The molecule has 0 atom stereocenters. The number of carboxylic acid groups (broad SMARTS) is 1. The highest BCUT2D eigenvalue weighted by Crippen LogP contribution is 2.32. The standard InChI is InChI=1S/C15H16N2O6S/c1-2-17-15(21)11-6-3-9(7-12(11)24(17,22)23)14(20)16(8-13(18)19)10-4-5-10/h3,6-7,10H,2,4-5,8H2,1H3,(H,18,19). The zero-order valence-electron chi connectivity index (χ0n) is 12.9. The van der Waals surface area contributed by atoms with Crippen molar-refractivity contribution in [3.8, 4) is 0 Å². The number of rotatable bonds is 5. The first-order valence-electron chi connectivity index (χ1n) is 7.51. The van der Waals surface area contributed by atoms with Crippen molar-refractivity contribution in [3.63, 3.8) is 0 Å². The van der Waals surface area contributed by atoms with Crippen LogP contribution in [0.3, 0.4) is 0 Å². The Morgan fingerprint density at radius 2 is 2.00 bits per heavy atom.